The summed E-state index contributed by atoms with van der Waals surface area (Å²) in [7, 11) is 4.54. The van der Waals surface area contributed by atoms with Crippen molar-refractivity contribution in [3.63, 3.8) is 0 Å². The second-order valence-corrected chi connectivity index (χ2v) is 8.48. The Labute approximate surface area is 174 Å². The van der Waals surface area contributed by atoms with Gasteiger partial charge in [-0.25, -0.2) is 0 Å². The minimum absolute atomic E-state index is 0.390. The lowest BCUT2D eigenvalue weighted by Gasteiger charge is -2.43. The van der Waals surface area contributed by atoms with Gasteiger partial charge in [0.2, 0.25) is 5.60 Å². The van der Waals surface area contributed by atoms with Crippen LogP contribution in [0, 0.1) is 12.3 Å². The molecule has 1 saturated heterocycles. The van der Waals surface area contributed by atoms with Gasteiger partial charge < -0.3 is 14.5 Å². The molecule has 0 spiro atoms. The van der Waals surface area contributed by atoms with Crippen LogP contribution in [-0.2, 0) is 16.8 Å². The maximum atomic E-state index is 13.0. The zero-order valence-corrected chi connectivity index (χ0v) is 17.4. The lowest BCUT2D eigenvalue weighted by atomic mass is 9.91. The number of benzene rings is 2. The van der Waals surface area contributed by atoms with Crippen molar-refractivity contribution in [3.8, 4) is 12.3 Å². The van der Waals surface area contributed by atoms with E-state index in [2.05, 4.69) is 44.3 Å². The molecule has 1 aliphatic heterocycles. The Morgan fingerprint density at radius 1 is 1.10 bits per heavy atom. The van der Waals surface area contributed by atoms with E-state index in [-0.39, 0.29) is 5.91 Å². The molecule has 2 aromatic carbocycles. The minimum Gasteiger partial charge on any atom is -0.366 e. The van der Waals surface area contributed by atoms with E-state index < -0.39 is 5.60 Å². The second kappa shape index (κ2) is 8.82. The maximum absolute atomic E-state index is 13.0. The highest BCUT2D eigenvalue weighted by Crippen LogP contribution is 2.27. The molecule has 1 N–H and O–H groups in total. The van der Waals surface area contributed by atoms with Crippen molar-refractivity contribution >= 4 is 5.91 Å². The zero-order chi connectivity index (χ0) is 20.9. The van der Waals surface area contributed by atoms with Gasteiger partial charge >= 0.3 is 0 Å². The quantitative estimate of drug-likeness (QED) is 0.608. The third kappa shape index (κ3) is 4.70. The predicted octanol–water partition coefficient (Wildman–Crippen LogP) is 2.82. The highest BCUT2D eigenvalue weighted by molar-refractivity contribution is 5.89. The number of carbonyl (C=O) groups is 1. The van der Waals surface area contributed by atoms with Crippen molar-refractivity contribution in [2.45, 2.75) is 30.9 Å². The van der Waals surface area contributed by atoms with Crippen LogP contribution in [0.1, 0.15) is 24.0 Å². The summed E-state index contributed by atoms with van der Waals surface area (Å²) >= 11 is 0. The molecular weight excluding hydrogens is 360 g/mol. The summed E-state index contributed by atoms with van der Waals surface area (Å²) in [6, 6.07) is 19.8. The number of carbonyl (C=O) groups excluding carboxylic acids is 1. The summed E-state index contributed by atoms with van der Waals surface area (Å²) in [5.41, 5.74) is -0.0898. The van der Waals surface area contributed by atoms with Crippen molar-refractivity contribution in [1.29, 1.82) is 0 Å². The summed E-state index contributed by atoms with van der Waals surface area (Å²) in [6.45, 7) is 2.29. The number of hydrogen-bond donors (Lipinski definition) is 1. The maximum Gasteiger partial charge on any atom is 0.272 e. The Hall–Kier alpha value is -2.61. The molecule has 1 fully saturated rings. The van der Waals surface area contributed by atoms with Crippen molar-refractivity contribution < 1.29 is 14.4 Å². The minimum atomic E-state index is -1.90. The molecule has 0 radical (unpaired) electrons. The second-order valence-electron chi connectivity index (χ2n) is 8.48. The third-order valence-electron chi connectivity index (χ3n) is 6.27. The van der Waals surface area contributed by atoms with Gasteiger partial charge in [0.05, 0.1) is 26.7 Å². The van der Waals surface area contributed by atoms with Crippen LogP contribution in [0.5, 0.6) is 0 Å². The Morgan fingerprint density at radius 3 is 2.21 bits per heavy atom. The molecule has 4 heteroatoms. The first-order chi connectivity index (χ1) is 13.9. The van der Waals surface area contributed by atoms with E-state index in [4.69, 9.17) is 6.42 Å². The number of hydrogen-bond acceptors (Lipinski definition) is 2. The van der Waals surface area contributed by atoms with Crippen LogP contribution in [0.25, 0.3) is 0 Å². The van der Waals surface area contributed by atoms with Gasteiger partial charge in [0, 0.05) is 37.9 Å². The van der Waals surface area contributed by atoms with E-state index in [1.807, 2.05) is 12.1 Å². The largest absolute Gasteiger partial charge is 0.366 e. The summed E-state index contributed by atoms with van der Waals surface area (Å²) < 4.78 is 0.926. The number of likely N-dealkylation sites (tertiary alicyclic amines) is 1. The molecule has 1 amide bonds. The first-order valence-corrected chi connectivity index (χ1v) is 10.3. The molecule has 1 aliphatic rings. The molecule has 0 saturated carbocycles. The molecule has 2 aromatic rings. The highest BCUT2D eigenvalue weighted by atomic mass is 16.3. The standard InChI is InChI=1S/C25H31N2O2/c1-4-25(29,22-13-9-6-10-14-22)24(28)26-18-15-23(16-19-26)27(2,3)20-17-21-11-7-5-8-12-21/h1,5-14,23,29H,15-20H2,2-3H3/q+1. The van der Waals surface area contributed by atoms with Crippen LogP contribution in [0.2, 0.25) is 0 Å². The number of aliphatic hydroxyl groups is 1. The van der Waals surface area contributed by atoms with Gasteiger partial charge in [-0.1, -0.05) is 66.6 Å². The Balaban J connectivity index is 1.60. The SMILES string of the molecule is C#CC(O)(C(=O)N1CCC([N+](C)(C)CCc2ccccc2)CC1)c1ccccc1. The molecule has 1 atom stereocenters. The average Bonchev–Trinajstić information content (AvgIpc) is 2.78. The summed E-state index contributed by atoms with van der Waals surface area (Å²) in [4.78, 5) is 14.8. The lowest BCUT2D eigenvalue weighted by molar-refractivity contribution is -0.916. The van der Waals surface area contributed by atoms with Crippen molar-refractivity contribution in [2.75, 3.05) is 33.7 Å². The van der Waals surface area contributed by atoms with E-state index in [0.29, 0.717) is 24.7 Å². The number of terminal acetylenes is 1. The first-order valence-electron chi connectivity index (χ1n) is 10.3. The molecule has 29 heavy (non-hydrogen) atoms. The molecule has 0 bridgehead atoms. The number of quaternary nitrogens is 1. The fourth-order valence-corrected chi connectivity index (χ4v) is 4.19. The molecule has 4 nitrogen and oxygen atoms in total. The fourth-order valence-electron chi connectivity index (χ4n) is 4.19. The Morgan fingerprint density at radius 2 is 1.66 bits per heavy atom. The number of amides is 1. The summed E-state index contributed by atoms with van der Waals surface area (Å²) in [5.74, 6) is 1.94. The molecule has 3 rings (SSSR count). The van der Waals surface area contributed by atoms with Crippen LogP contribution in [0.3, 0.4) is 0 Å². The van der Waals surface area contributed by atoms with Gasteiger partial charge in [0.15, 0.2) is 0 Å². The molecule has 152 valence electrons. The highest BCUT2D eigenvalue weighted by Gasteiger charge is 2.42. The van der Waals surface area contributed by atoms with Gasteiger partial charge in [0.1, 0.15) is 0 Å². The zero-order valence-electron chi connectivity index (χ0n) is 17.4. The van der Waals surface area contributed by atoms with Crippen LogP contribution in [-0.4, -0.2) is 60.2 Å². The van der Waals surface area contributed by atoms with Crippen LogP contribution < -0.4 is 0 Å². The van der Waals surface area contributed by atoms with Gasteiger partial charge in [-0.05, 0) is 5.56 Å². The van der Waals surface area contributed by atoms with Crippen LogP contribution in [0.4, 0.5) is 0 Å². The topological polar surface area (TPSA) is 40.5 Å². The van der Waals surface area contributed by atoms with Crippen LogP contribution >= 0.6 is 0 Å². The molecule has 0 aromatic heterocycles. The molecule has 1 heterocycles. The third-order valence-corrected chi connectivity index (χ3v) is 6.27. The number of piperidine rings is 1. The average molecular weight is 392 g/mol. The smallest absolute Gasteiger partial charge is 0.272 e. The molecule has 1 unspecified atom stereocenters. The van der Waals surface area contributed by atoms with Gasteiger partial charge in [-0.3, -0.25) is 4.79 Å². The van der Waals surface area contributed by atoms with E-state index >= 15 is 0 Å². The van der Waals surface area contributed by atoms with E-state index in [1.54, 1.807) is 29.2 Å². The lowest BCUT2D eigenvalue weighted by Crippen LogP contribution is -2.57. The number of likely N-dealkylation sites (N-methyl/N-ethyl adjacent to an activating group) is 1. The van der Waals surface area contributed by atoms with Crippen molar-refractivity contribution in [3.05, 3.63) is 71.8 Å². The normalized spacial score (nSPS) is 17.4. The number of rotatable bonds is 6. The van der Waals surface area contributed by atoms with E-state index in [1.165, 1.54) is 5.56 Å². The van der Waals surface area contributed by atoms with Gasteiger partial charge in [-0.15, -0.1) is 6.42 Å². The summed E-state index contributed by atoms with van der Waals surface area (Å²) in [5, 5.41) is 10.9. The predicted molar refractivity (Wildman–Crippen MR) is 116 cm³/mol. The van der Waals surface area contributed by atoms with E-state index in [9.17, 15) is 9.90 Å². The van der Waals surface area contributed by atoms with Crippen molar-refractivity contribution in [2.24, 2.45) is 0 Å². The van der Waals surface area contributed by atoms with Crippen LogP contribution in [0.15, 0.2) is 60.7 Å². The fraction of sp³-hybridized carbons (Fsp3) is 0.400. The van der Waals surface area contributed by atoms with Gasteiger partial charge in [0.25, 0.3) is 5.91 Å². The van der Waals surface area contributed by atoms with E-state index in [0.717, 1.165) is 30.3 Å². The number of nitrogens with zero attached hydrogens (tertiary/aromatic N) is 2. The van der Waals surface area contributed by atoms with Crippen molar-refractivity contribution in [1.82, 2.24) is 4.90 Å². The Kier molecular flexibility index (Phi) is 6.42. The Bertz CT molecular complexity index is 849. The first kappa shape index (κ1) is 21.1. The monoisotopic (exact) mass is 391 g/mol. The summed E-state index contributed by atoms with van der Waals surface area (Å²) in [6.07, 6.45) is 8.44. The van der Waals surface area contributed by atoms with Gasteiger partial charge in [-0.2, -0.15) is 0 Å². The molecular formula is C25H31N2O2+. The molecule has 0 aliphatic carbocycles.